The smallest absolute Gasteiger partial charge is 0.254 e. The van der Waals surface area contributed by atoms with Crippen LogP contribution in [-0.4, -0.2) is 39.1 Å². The van der Waals surface area contributed by atoms with Gasteiger partial charge in [0.15, 0.2) is 0 Å². The summed E-state index contributed by atoms with van der Waals surface area (Å²) >= 11 is 0. The molecule has 0 aliphatic carbocycles. The Morgan fingerprint density at radius 3 is 2.67 bits per heavy atom. The molecule has 8 nitrogen and oxygen atoms in total. The number of primary amides is 1. The fraction of sp³-hybridized carbons (Fsp3) is 0.500. The summed E-state index contributed by atoms with van der Waals surface area (Å²) < 4.78 is 33.3. The standard InChI is InChI=1S/C12H17N3O5S/c13-11(16)10-5-9(21(14,17)18)6-15-12(10)20-7-8-1-3-19-4-2-8/h5-6,8H,1-4,7H2,(H2,13,16)(H2,14,17,18). The fourth-order valence-electron chi connectivity index (χ4n) is 1.99. The van der Waals surface area contributed by atoms with Crippen molar-refractivity contribution >= 4 is 15.9 Å². The normalized spacial score (nSPS) is 16.6. The highest BCUT2D eigenvalue weighted by atomic mass is 32.2. The molecular weight excluding hydrogens is 298 g/mol. The molecule has 1 fully saturated rings. The number of nitrogens with two attached hydrogens (primary N) is 2. The largest absolute Gasteiger partial charge is 0.477 e. The molecule has 0 unspecified atom stereocenters. The van der Waals surface area contributed by atoms with Crippen molar-refractivity contribution in [2.24, 2.45) is 16.8 Å². The van der Waals surface area contributed by atoms with E-state index >= 15 is 0 Å². The number of primary sulfonamides is 1. The Morgan fingerprint density at radius 1 is 1.43 bits per heavy atom. The molecule has 1 amide bonds. The Bertz CT molecular complexity index is 626. The monoisotopic (exact) mass is 315 g/mol. The maximum atomic E-state index is 11.4. The van der Waals surface area contributed by atoms with E-state index in [0.29, 0.717) is 25.7 Å². The minimum absolute atomic E-state index is 0.0152. The Hall–Kier alpha value is -1.71. The molecule has 1 saturated heterocycles. The number of ether oxygens (including phenoxy) is 2. The van der Waals surface area contributed by atoms with Gasteiger partial charge in [-0.1, -0.05) is 0 Å². The first kappa shape index (κ1) is 15.7. The van der Waals surface area contributed by atoms with Gasteiger partial charge in [-0.15, -0.1) is 0 Å². The van der Waals surface area contributed by atoms with E-state index in [0.717, 1.165) is 25.1 Å². The van der Waals surface area contributed by atoms with Gasteiger partial charge in [-0.2, -0.15) is 0 Å². The van der Waals surface area contributed by atoms with Crippen molar-refractivity contribution in [3.8, 4) is 5.88 Å². The molecule has 0 saturated carbocycles. The van der Waals surface area contributed by atoms with Gasteiger partial charge in [0.05, 0.1) is 12.8 Å². The van der Waals surface area contributed by atoms with E-state index < -0.39 is 15.9 Å². The molecule has 0 bridgehead atoms. The van der Waals surface area contributed by atoms with Crippen LogP contribution in [0.15, 0.2) is 17.2 Å². The van der Waals surface area contributed by atoms with Crippen molar-refractivity contribution in [2.75, 3.05) is 19.8 Å². The zero-order chi connectivity index (χ0) is 15.5. The van der Waals surface area contributed by atoms with E-state index in [1.165, 1.54) is 0 Å². The molecule has 0 atom stereocenters. The van der Waals surface area contributed by atoms with Crippen LogP contribution in [0.3, 0.4) is 0 Å². The lowest BCUT2D eigenvalue weighted by Gasteiger charge is -2.22. The molecule has 1 aliphatic heterocycles. The molecular formula is C12H17N3O5S. The number of carbonyl (C=O) groups is 1. The molecule has 0 radical (unpaired) electrons. The van der Waals surface area contributed by atoms with Crippen molar-refractivity contribution in [3.63, 3.8) is 0 Å². The summed E-state index contributed by atoms with van der Waals surface area (Å²) in [4.78, 5) is 15.0. The van der Waals surface area contributed by atoms with E-state index in [4.69, 9.17) is 20.3 Å². The van der Waals surface area contributed by atoms with Crippen LogP contribution >= 0.6 is 0 Å². The Kier molecular flexibility index (Phi) is 4.76. The molecule has 4 N–H and O–H groups in total. The van der Waals surface area contributed by atoms with Gasteiger partial charge < -0.3 is 15.2 Å². The van der Waals surface area contributed by atoms with Gasteiger partial charge in [0.2, 0.25) is 15.9 Å². The van der Waals surface area contributed by atoms with Crippen molar-refractivity contribution in [3.05, 3.63) is 17.8 Å². The molecule has 0 aromatic carbocycles. The average Bonchev–Trinajstić information content (AvgIpc) is 2.45. The SMILES string of the molecule is NC(=O)c1cc(S(N)(=O)=O)cnc1OCC1CCOCC1. The van der Waals surface area contributed by atoms with E-state index in [-0.39, 0.29) is 16.3 Å². The third kappa shape index (κ3) is 4.13. The van der Waals surface area contributed by atoms with Gasteiger partial charge in [0.25, 0.3) is 5.91 Å². The minimum Gasteiger partial charge on any atom is -0.477 e. The van der Waals surface area contributed by atoms with E-state index in [1.807, 2.05) is 0 Å². The van der Waals surface area contributed by atoms with Crippen molar-refractivity contribution in [1.29, 1.82) is 0 Å². The molecule has 1 aliphatic rings. The van der Waals surface area contributed by atoms with Gasteiger partial charge in [0, 0.05) is 13.2 Å². The van der Waals surface area contributed by atoms with Crippen LogP contribution in [-0.2, 0) is 14.8 Å². The zero-order valence-corrected chi connectivity index (χ0v) is 12.1. The van der Waals surface area contributed by atoms with Gasteiger partial charge >= 0.3 is 0 Å². The highest BCUT2D eigenvalue weighted by Crippen LogP contribution is 2.21. The van der Waals surface area contributed by atoms with E-state index in [9.17, 15) is 13.2 Å². The van der Waals surface area contributed by atoms with E-state index in [2.05, 4.69) is 4.98 Å². The number of hydrogen-bond donors (Lipinski definition) is 2. The van der Waals surface area contributed by atoms with E-state index in [1.54, 1.807) is 0 Å². The summed E-state index contributed by atoms with van der Waals surface area (Å²) in [5.74, 6) is -0.504. The summed E-state index contributed by atoms with van der Waals surface area (Å²) in [6.45, 7) is 1.72. The van der Waals surface area contributed by atoms with Crippen LogP contribution in [0.25, 0.3) is 0 Å². The third-order valence-electron chi connectivity index (χ3n) is 3.22. The number of pyridine rings is 1. The number of nitrogens with zero attached hydrogens (tertiary/aromatic N) is 1. The van der Waals surface area contributed by atoms with Crippen molar-refractivity contribution in [2.45, 2.75) is 17.7 Å². The summed E-state index contributed by atoms with van der Waals surface area (Å²) in [6, 6.07) is 1.07. The highest BCUT2D eigenvalue weighted by Gasteiger charge is 2.19. The van der Waals surface area contributed by atoms with Crippen LogP contribution in [0.2, 0.25) is 0 Å². The summed E-state index contributed by atoms with van der Waals surface area (Å²) in [5.41, 5.74) is 5.12. The fourth-order valence-corrected chi connectivity index (χ4v) is 2.47. The number of hydrogen-bond acceptors (Lipinski definition) is 6. The predicted molar refractivity (Wildman–Crippen MR) is 73.2 cm³/mol. The molecule has 0 spiro atoms. The van der Waals surface area contributed by atoms with Crippen molar-refractivity contribution < 1.29 is 22.7 Å². The first-order valence-corrected chi connectivity index (χ1v) is 7.96. The lowest BCUT2D eigenvalue weighted by Crippen LogP contribution is -2.23. The molecule has 1 aromatic rings. The molecule has 21 heavy (non-hydrogen) atoms. The summed E-state index contributed by atoms with van der Waals surface area (Å²) in [7, 11) is -3.95. The first-order chi connectivity index (χ1) is 9.88. The maximum Gasteiger partial charge on any atom is 0.254 e. The van der Waals surface area contributed by atoms with Gasteiger partial charge in [-0.3, -0.25) is 4.79 Å². The number of rotatable bonds is 5. The molecule has 2 rings (SSSR count). The predicted octanol–water partition coefficient (Wildman–Crippen LogP) is -0.367. The summed E-state index contributed by atoms with van der Waals surface area (Å²) in [5, 5.41) is 4.99. The molecule has 1 aromatic heterocycles. The van der Waals surface area contributed by atoms with Crippen LogP contribution in [0.1, 0.15) is 23.2 Å². The summed E-state index contributed by atoms with van der Waals surface area (Å²) in [6.07, 6.45) is 2.77. The zero-order valence-electron chi connectivity index (χ0n) is 11.3. The average molecular weight is 315 g/mol. The van der Waals surface area contributed by atoms with Crippen molar-refractivity contribution in [1.82, 2.24) is 4.98 Å². The minimum atomic E-state index is -3.95. The van der Waals surface area contributed by atoms with Gasteiger partial charge in [-0.05, 0) is 24.8 Å². The molecule has 9 heteroatoms. The second kappa shape index (κ2) is 6.37. The number of carbonyl (C=O) groups excluding carboxylic acids is 1. The lowest BCUT2D eigenvalue weighted by molar-refractivity contribution is 0.0488. The lowest BCUT2D eigenvalue weighted by atomic mass is 10.0. The Balaban J connectivity index is 2.16. The second-order valence-electron chi connectivity index (χ2n) is 4.80. The maximum absolute atomic E-state index is 11.4. The van der Waals surface area contributed by atoms with Crippen LogP contribution < -0.4 is 15.6 Å². The molecule has 116 valence electrons. The number of aromatic nitrogens is 1. The van der Waals surface area contributed by atoms with Crippen LogP contribution in [0, 0.1) is 5.92 Å². The second-order valence-corrected chi connectivity index (χ2v) is 6.36. The molecule has 2 heterocycles. The highest BCUT2D eigenvalue weighted by molar-refractivity contribution is 7.89. The third-order valence-corrected chi connectivity index (χ3v) is 4.10. The Labute approximate surface area is 122 Å². The topological polar surface area (TPSA) is 135 Å². The first-order valence-electron chi connectivity index (χ1n) is 6.41. The quantitative estimate of drug-likeness (QED) is 0.761. The van der Waals surface area contributed by atoms with Crippen LogP contribution in [0.5, 0.6) is 5.88 Å². The number of amides is 1. The van der Waals surface area contributed by atoms with Gasteiger partial charge in [0.1, 0.15) is 10.5 Å². The van der Waals surface area contributed by atoms with Gasteiger partial charge in [-0.25, -0.2) is 18.5 Å². The van der Waals surface area contributed by atoms with Crippen LogP contribution in [0.4, 0.5) is 0 Å². The number of sulfonamides is 1. The Morgan fingerprint density at radius 2 is 2.10 bits per heavy atom.